The van der Waals surface area contributed by atoms with Gasteiger partial charge in [-0.05, 0) is 77.2 Å². The largest absolute Gasteiger partial charge is 0.330 e. The van der Waals surface area contributed by atoms with E-state index in [2.05, 4.69) is 23.9 Å². The standard InChI is InChI=1S/C15H31N3/c1-17-9-3-5-14(11-17)6-10-18(2)13-15(12-16)7-4-8-15/h14H,3-13,16H2,1-2H3. The van der Waals surface area contributed by atoms with Crippen LogP contribution in [0.25, 0.3) is 0 Å². The molecule has 1 saturated carbocycles. The van der Waals surface area contributed by atoms with Gasteiger partial charge < -0.3 is 15.5 Å². The Balaban J connectivity index is 1.66. The zero-order chi connectivity index (χ0) is 13.0. The summed E-state index contributed by atoms with van der Waals surface area (Å²) in [5.74, 6) is 0.918. The topological polar surface area (TPSA) is 32.5 Å². The summed E-state index contributed by atoms with van der Waals surface area (Å²) in [6.45, 7) is 5.94. The zero-order valence-electron chi connectivity index (χ0n) is 12.3. The van der Waals surface area contributed by atoms with Gasteiger partial charge in [-0.15, -0.1) is 0 Å². The SMILES string of the molecule is CN1CCCC(CCN(C)CC2(CN)CCC2)C1. The highest BCUT2D eigenvalue weighted by Gasteiger charge is 2.36. The van der Waals surface area contributed by atoms with Gasteiger partial charge in [0.1, 0.15) is 0 Å². The molecular formula is C15H31N3. The van der Waals surface area contributed by atoms with Crippen LogP contribution < -0.4 is 5.73 Å². The van der Waals surface area contributed by atoms with Gasteiger partial charge >= 0.3 is 0 Å². The third kappa shape index (κ3) is 3.69. The number of rotatable bonds is 6. The maximum atomic E-state index is 5.94. The van der Waals surface area contributed by atoms with Crippen molar-refractivity contribution < 1.29 is 0 Å². The van der Waals surface area contributed by atoms with Crippen molar-refractivity contribution in [2.75, 3.05) is 46.8 Å². The Morgan fingerprint density at radius 3 is 2.67 bits per heavy atom. The first kappa shape index (κ1) is 14.3. The van der Waals surface area contributed by atoms with E-state index in [1.807, 2.05) is 0 Å². The molecule has 0 bridgehead atoms. The third-order valence-electron chi connectivity index (χ3n) is 5.09. The summed E-state index contributed by atoms with van der Waals surface area (Å²) in [5.41, 5.74) is 6.41. The summed E-state index contributed by atoms with van der Waals surface area (Å²) in [7, 11) is 4.54. The molecule has 0 aromatic rings. The van der Waals surface area contributed by atoms with Gasteiger partial charge in [0, 0.05) is 13.1 Å². The van der Waals surface area contributed by atoms with Crippen LogP contribution in [0.1, 0.15) is 38.5 Å². The molecule has 2 N–H and O–H groups in total. The Morgan fingerprint density at radius 1 is 1.33 bits per heavy atom. The van der Waals surface area contributed by atoms with Gasteiger partial charge in [-0.25, -0.2) is 0 Å². The van der Waals surface area contributed by atoms with Gasteiger partial charge in [-0.1, -0.05) is 6.42 Å². The Labute approximate surface area is 113 Å². The maximum absolute atomic E-state index is 5.94. The van der Waals surface area contributed by atoms with Crippen molar-refractivity contribution in [3.05, 3.63) is 0 Å². The molecule has 0 amide bonds. The van der Waals surface area contributed by atoms with Crippen LogP contribution in [0.3, 0.4) is 0 Å². The van der Waals surface area contributed by atoms with Crippen molar-refractivity contribution >= 4 is 0 Å². The van der Waals surface area contributed by atoms with Crippen LogP contribution in [-0.2, 0) is 0 Å². The summed E-state index contributed by atoms with van der Waals surface area (Å²) in [5, 5.41) is 0. The van der Waals surface area contributed by atoms with E-state index in [1.54, 1.807) is 0 Å². The fourth-order valence-corrected chi connectivity index (χ4v) is 3.67. The summed E-state index contributed by atoms with van der Waals surface area (Å²) in [4.78, 5) is 5.02. The predicted octanol–water partition coefficient (Wildman–Crippen LogP) is 1.78. The monoisotopic (exact) mass is 253 g/mol. The van der Waals surface area contributed by atoms with Gasteiger partial charge in [0.25, 0.3) is 0 Å². The highest BCUT2D eigenvalue weighted by molar-refractivity contribution is 4.90. The van der Waals surface area contributed by atoms with Gasteiger partial charge in [-0.2, -0.15) is 0 Å². The molecule has 2 rings (SSSR count). The van der Waals surface area contributed by atoms with E-state index in [-0.39, 0.29) is 0 Å². The lowest BCUT2D eigenvalue weighted by molar-refractivity contribution is 0.0817. The van der Waals surface area contributed by atoms with Crippen LogP contribution in [0, 0.1) is 11.3 Å². The molecule has 2 aliphatic rings. The smallest absolute Gasteiger partial charge is 0.00470 e. The van der Waals surface area contributed by atoms with E-state index in [0.29, 0.717) is 5.41 Å². The first-order valence-electron chi connectivity index (χ1n) is 7.71. The highest BCUT2D eigenvalue weighted by atomic mass is 15.1. The van der Waals surface area contributed by atoms with Crippen LogP contribution in [0.15, 0.2) is 0 Å². The number of piperidine rings is 1. The van der Waals surface area contributed by atoms with E-state index in [0.717, 1.165) is 12.5 Å². The lowest BCUT2D eigenvalue weighted by atomic mass is 9.68. The Bertz CT molecular complexity index is 245. The van der Waals surface area contributed by atoms with Gasteiger partial charge in [0.15, 0.2) is 0 Å². The minimum atomic E-state index is 0.470. The van der Waals surface area contributed by atoms with Crippen molar-refractivity contribution in [3.8, 4) is 0 Å². The molecule has 1 unspecified atom stereocenters. The maximum Gasteiger partial charge on any atom is 0.00470 e. The third-order valence-corrected chi connectivity index (χ3v) is 5.09. The minimum Gasteiger partial charge on any atom is -0.330 e. The summed E-state index contributed by atoms with van der Waals surface area (Å²) >= 11 is 0. The molecule has 18 heavy (non-hydrogen) atoms. The molecule has 3 heteroatoms. The van der Waals surface area contributed by atoms with Crippen molar-refractivity contribution in [1.82, 2.24) is 9.80 Å². The summed E-state index contributed by atoms with van der Waals surface area (Å²) in [6, 6.07) is 0. The van der Waals surface area contributed by atoms with E-state index in [9.17, 15) is 0 Å². The minimum absolute atomic E-state index is 0.470. The first-order valence-corrected chi connectivity index (χ1v) is 7.71. The fourth-order valence-electron chi connectivity index (χ4n) is 3.67. The second-order valence-electron chi connectivity index (χ2n) is 6.85. The van der Waals surface area contributed by atoms with Crippen LogP contribution in [0.4, 0.5) is 0 Å². The Morgan fingerprint density at radius 2 is 2.11 bits per heavy atom. The molecule has 1 atom stereocenters. The number of likely N-dealkylation sites (tertiary alicyclic amines) is 1. The quantitative estimate of drug-likeness (QED) is 0.783. The fraction of sp³-hybridized carbons (Fsp3) is 1.00. The molecule has 106 valence electrons. The van der Waals surface area contributed by atoms with E-state index in [1.165, 1.54) is 64.7 Å². The van der Waals surface area contributed by atoms with Crippen LogP contribution >= 0.6 is 0 Å². The van der Waals surface area contributed by atoms with Crippen molar-refractivity contribution in [1.29, 1.82) is 0 Å². The van der Waals surface area contributed by atoms with Gasteiger partial charge in [-0.3, -0.25) is 0 Å². The number of hydrogen-bond acceptors (Lipinski definition) is 3. The van der Waals surface area contributed by atoms with Crippen molar-refractivity contribution in [2.45, 2.75) is 38.5 Å². The van der Waals surface area contributed by atoms with Crippen LogP contribution in [-0.4, -0.2) is 56.6 Å². The van der Waals surface area contributed by atoms with Gasteiger partial charge in [0.2, 0.25) is 0 Å². The molecule has 0 aromatic heterocycles. The lowest BCUT2D eigenvalue weighted by Gasteiger charge is -2.44. The predicted molar refractivity (Wildman–Crippen MR) is 77.7 cm³/mol. The molecule has 1 saturated heterocycles. The van der Waals surface area contributed by atoms with Crippen LogP contribution in [0.5, 0.6) is 0 Å². The second kappa shape index (κ2) is 6.36. The molecule has 1 heterocycles. The first-order chi connectivity index (χ1) is 8.63. The molecule has 3 nitrogen and oxygen atoms in total. The average molecular weight is 253 g/mol. The van der Waals surface area contributed by atoms with E-state index >= 15 is 0 Å². The van der Waals surface area contributed by atoms with Gasteiger partial charge in [0.05, 0.1) is 0 Å². The second-order valence-corrected chi connectivity index (χ2v) is 6.85. The number of hydrogen-bond donors (Lipinski definition) is 1. The molecule has 2 fully saturated rings. The highest BCUT2D eigenvalue weighted by Crippen LogP contribution is 2.40. The van der Waals surface area contributed by atoms with E-state index in [4.69, 9.17) is 5.73 Å². The van der Waals surface area contributed by atoms with Crippen molar-refractivity contribution in [2.24, 2.45) is 17.1 Å². The lowest BCUT2D eigenvalue weighted by Crippen LogP contribution is -2.46. The molecular weight excluding hydrogens is 222 g/mol. The summed E-state index contributed by atoms with van der Waals surface area (Å²) in [6.07, 6.45) is 8.26. The molecule has 0 radical (unpaired) electrons. The molecule has 0 aromatic carbocycles. The number of nitrogens with two attached hydrogens (primary N) is 1. The van der Waals surface area contributed by atoms with Crippen LogP contribution in [0.2, 0.25) is 0 Å². The molecule has 0 spiro atoms. The molecule has 1 aliphatic carbocycles. The average Bonchev–Trinajstić information content (AvgIpc) is 2.31. The molecule has 1 aliphatic heterocycles. The summed E-state index contributed by atoms with van der Waals surface area (Å²) < 4.78 is 0. The van der Waals surface area contributed by atoms with E-state index < -0.39 is 0 Å². The zero-order valence-corrected chi connectivity index (χ0v) is 12.3. The number of nitrogens with zero attached hydrogens (tertiary/aromatic N) is 2. The Hall–Kier alpha value is -0.120. The van der Waals surface area contributed by atoms with Crippen molar-refractivity contribution in [3.63, 3.8) is 0 Å². The normalized spacial score (nSPS) is 28.3. The Kier molecular flexibility index (Phi) is 5.05.